The summed E-state index contributed by atoms with van der Waals surface area (Å²) in [5, 5.41) is 2.67. The van der Waals surface area contributed by atoms with E-state index < -0.39 is 47.3 Å². The molecule has 1 N–H and O–H groups in total. The number of halogens is 5. The van der Waals surface area contributed by atoms with E-state index in [1.807, 2.05) is 0 Å². The monoisotopic (exact) mass is 434 g/mol. The second-order valence-electron chi connectivity index (χ2n) is 6.52. The number of furan rings is 1. The van der Waals surface area contributed by atoms with Crippen LogP contribution in [0, 0.1) is 29.1 Å². The van der Waals surface area contributed by atoms with Crippen LogP contribution in [0.2, 0.25) is 0 Å². The van der Waals surface area contributed by atoms with Crippen molar-refractivity contribution in [3.05, 3.63) is 52.7 Å². The van der Waals surface area contributed by atoms with E-state index in [-0.39, 0.29) is 11.5 Å². The van der Waals surface area contributed by atoms with Gasteiger partial charge in [0.25, 0.3) is 5.91 Å². The lowest BCUT2D eigenvalue weighted by molar-refractivity contribution is 0.0374. The molecule has 0 radical (unpaired) electrons. The molecule has 2 heterocycles. The molecular formula is C19H19F5N2O4. The second-order valence-corrected chi connectivity index (χ2v) is 6.52. The number of benzene rings is 1. The molecule has 1 aromatic heterocycles. The van der Waals surface area contributed by atoms with E-state index in [0.717, 1.165) is 26.1 Å². The molecular weight excluding hydrogens is 415 g/mol. The van der Waals surface area contributed by atoms with Crippen molar-refractivity contribution >= 4 is 5.91 Å². The third-order valence-corrected chi connectivity index (χ3v) is 4.45. The molecule has 0 aliphatic carbocycles. The zero-order chi connectivity index (χ0) is 21.7. The summed E-state index contributed by atoms with van der Waals surface area (Å²) in [7, 11) is 0. The number of morpholine rings is 1. The molecule has 1 fully saturated rings. The van der Waals surface area contributed by atoms with E-state index >= 15 is 0 Å². The Labute approximate surface area is 168 Å². The lowest BCUT2D eigenvalue weighted by Gasteiger charge is -2.26. The highest BCUT2D eigenvalue weighted by molar-refractivity contribution is 5.91. The van der Waals surface area contributed by atoms with Crippen LogP contribution in [0.3, 0.4) is 0 Å². The molecule has 1 saturated heterocycles. The molecule has 1 amide bonds. The van der Waals surface area contributed by atoms with Crippen molar-refractivity contribution in [3.8, 4) is 5.75 Å². The summed E-state index contributed by atoms with van der Waals surface area (Å²) in [6, 6.07) is 2.61. The Morgan fingerprint density at radius 2 is 1.63 bits per heavy atom. The average Bonchev–Trinajstić information content (AvgIpc) is 3.23. The number of nitrogens with one attached hydrogen (secondary N) is 1. The Hall–Kier alpha value is -2.66. The Morgan fingerprint density at radius 1 is 1.00 bits per heavy atom. The van der Waals surface area contributed by atoms with Crippen molar-refractivity contribution in [1.82, 2.24) is 10.2 Å². The first-order valence-corrected chi connectivity index (χ1v) is 9.19. The molecule has 164 valence electrons. The van der Waals surface area contributed by atoms with Crippen LogP contribution in [0.15, 0.2) is 16.5 Å². The first-order chi connectivity index (χ1) is 14.4. The van der Waals surface area contributed by atoms with Crippen LogP contribution in [0.4, 0.5) is 22.0 Å². The molecule has 0 unspecified atom stereocenters. The van der Waals surface area contributed by atoms with Gasteiger partial charge in [0.1, 0.15) is 12.4 Å². The fourth-order valence-electron chi connectivity index (χ4n) is 2.85. The lowest BCUT2D eigenvalue weighted by Crippen LogP contribution is -2.38. The van der Waals surface area contributed by atoms with Crippen LogP contribution < -0.4 is 10.1 Å². The molecule has 1 aliphatic heterocycles. The van der Waals surface area contributed by atoms with Crippen LogP contribution in [-0.4, -0.2) is 50.2 Å². The first kappa shape index (κ1) is 22.0. The molecule has 3 rings (SSSR count). The van der Waals surface area contributed by atoms with Crippen molar-refractivity contribution in [2.75, 3.05) is 39.4 Å². The minimum Gasteiger partial charge on any atom is -0.479 e. The summed E-state index contributed by atoms with van der Waals surface area (Å²) in [4.78, 5) is 14.3. The number of hydrogen-bond acceptors (Lipinski definition) is 5. The van der Waals surface area contributed by atoms with Gasteiger partial charge in [0.15, 0.2) is 11.5 Å². The number of carbonyl (C=O) groups excluding carboxylic acids is 1. The summed E-state index contributed by atoms with van der Waals surface area (Å²) in [5.41, 5.74) is 0. The van der Waals surface area contributed by atoms with Crippen LogP contribution in [0.5, 0.6) is 5.75 Å². The highest BCUT2D eigenvalue weighted by Gasteiger charge is 2.27. The number of ether oxygens (including phenoxy) is 2. The Bertz CT molecular complexity index is 870. The standard InChI is InChI=1S/C19H19F5N2O4/c20-13-14(21)16(23)18(17(24)15(13)22)29-10-11-2-3-12(30-11)19(27)25-4-1-5-26-6-8-28-9-7-26/h2-3H,1,4-10H2,(H,25,27). The normalized spacial score (nSPS) is 14.7. The third kappa shape index (κ3) is 5.08. The van der Waals surface area contributed by atoms with Crippen molar-refractivity contribution in [3.63, 3.8) is 0 Å². The summed E-state index contributed by atoms with van der Waals surface area (Å²) < 4.78 is 81.7. The maximum Gasteiger partial charge on any atom is 0.286 e. The Balaban J connectivity index is 1.50. The summed E-state index contributed by atoms with van der Waals surface area (Å²) in [6.07, 6.45) is 0.725. The molecule has 0 saturated carbocycles. The van der Waals surface area contributed by atoms with Crippen LogP contribution in [0.25, 0.3) is 0 Å². The Morgan fingerprint density at radius 3 is 2.30 bits per heavy atom. The molecule has 0 bridgehead atoms. The predicted octanol–water partition coefficient (Wildman–Crippen LogP) is 3.01. The molecule has 11 heteroatoms. The van der Waals surface area contributed by atoms with Gasteiger partial charge in [-0.2, -0.15) is 8.78 Å². The zero-order valence-corrected chi connectivity index (χ0v) is 15.8. The smallest absolute Gasteiger partial charge is 0.286 e. The maximum atomic E-state index is 13.6. The number of carbonyl (C=O) groups is 1. The van der Waals surface area contributed by atoms with Crippen molar-refractivity contribution in [2.45, 2.75) is 13.0 Å². The first-order valence-electron chi connectivity index (χ1n) is 9.19. The van der Waals surface area contributed by atoms with Gasteiger partial charge in [-0.1, -0.05) is 0 Å². The van der Waals surface area contributed by atoms with E-state index in [0.29, 0.717) is 19.8 Å². The molecule has 0 spiro atoms. The van der Waals surface area contributed by atoms with Gasteiger partial charge >= 0.3 is 0 Å². The molecule has 2 aromatic rings. The zero-order valence-electron chi connectivity index (χ0n) is 15.8. The SMILES string of the molecule is O=C(NCCCN1CCOCC1)c1ccc(COc2c(F)c(F)c(F)c(F)c2F)o1. The minimum absolute atomic E-state index is 0.0302. The number of nitrogens with zero attached hydrogens (tertiary/aromatic N) is 1. The van der Waals surface area contributed by atoms with E-state index in [9.17, 15) is 26.7 Å². The highest BCUT2D eigenvalue weighted by Crippen LogP contribution is 2.29. The predicted molar refractivity (Wildman–Crippen MR) is 93.5 cm³/mol. The molecule has 6 nitrogen and oxygen atoms in total. The fourth-order valence-corrected chi connectivity index (χ4v) is 2.85. The van der Waals surface area contributed by atoms with Crippen LogP contribution >= 0.6 is 0 Å². The van der Waals surface area contributed by atoms with E-state index in [1.165, 1.54) is 12.1 Å². The fraction of sp³-hybridized carbons (Fsp3) is 0.421. The van der Waals surface area contributed by atoms with Gasteiger partial charge in [-0.3, -0.25) is 9.69 Å². The number of hydrogen-bond donors (Lipinski definition) is 1. The minimum atomic E-state index is -2.28. The Kier molecular flexibility index (Phi) is 7.27. The van der Waals surface area contributed by atoms with Gasteiger partial charge in [-0.05, 0) is 25.1 Å². The van der Waals surface area contributed by atoms with Crippen molar-refractivity contribution < 1.29 is 40.6 Å². The largest absolute Gasteiger partial charge is 0.479 e. The van der Waals surface area contributed by atoms with Crippen LogP contribution in [-0.2, 0) is 11.3 Å². The second kappa shape index (κ2) is 9.90. The molecule has 0 atom stereocenters. The van der Waals surface area contributed by atoms with E-state index in [1.54, 1.807) is 0 Å². The maximum absolute atomic E-state index is 13.6. The number of amides is 1. The van der Waals surface area contributed by atoms with E-state index in [4.69, 9.17) is 13.9 Å². The quantitative estimate of drug-likeness (QED) is 0.300. The van der Waals surface area contributed by atoms with Gasteiger partial charge in [-0.25, -0.2) is 13.2 Å². The van der Waals surface area contributed by atoms with Crippen molar-refractivity contribution in [1.29, 1.82) is 0 Å². The third-order valence-electron chi connectivity index (χ3n) is 4.45. The molecule has 1 aliphatic rings. The van der Waals surface area contributed by atoms with Gasteiger partial charge in [0.05, 0.1) is 13.2 Å². The summed E-state index contributed by atoms with van der Waals surface area (Å²) >= 11 is 0. The lowest BCUT2D eigenvalue weighted by atomic mass is 10.2. The number of rotatable bonds is 8. The van der Waals surface area contributed by atoms with Gasteiger partial charge in [0, 0.05) is 19.6 Å². The van der Waals surface area contributed by atoms with Gasteiger partial charge in [0.2, 0.25) is 29.1 Å². The summed E-state index contributed by atoms with van der Waals surface area (Å²) in [5.74, 6) is -12.7. The van der Waals surface area contributed by atoms with Crippen molar-refractivity contribution in [2.24, 2.45) is 0 Å². The molecule has 30 heavy (non-hydrogen) atoms. The summed E-state index contributed by atoms with van der Waals surface area (Å²) in [6.45, 7) is 3.65. The highest BCUT2D eigenvalue weighted by atomic mass is 19.2. The molecule has 1 aromatic carbocycles. The van der Waals surface area contributed by atoms with Crippen LogP contribution in [0.1, 0.15) is 22.7 Å². The topological polar surface area (TPSA) is 63.9 Å². The van der Waals surface area contributed by atoms with Gasteiger partial charge < -0.3 is 19.2 Å². The van der Waals surface area contributed by atoms with Gasteiger partial charge in [-0.15, -0.1) is 0 Å². The van der Waals surface area contributed by atoms with E-state index in [2.05, 4.69) is 10.2 Å². The average molecular weight is 434 g/mol.